The molecule has 1 aliphatic heterocycles. The Kier molecular flexibility index (Phi) is 4.67. The maximum absolute atomic E-state index is 12.2. The van der Waals surface area contributed by atoms with Gasteiger partial charge in [-0.15, -0.1) is 0 Å². The number of fused-ring (bicyclic) bond motifs is 1. The second kappa shape index (κ2) is 6.92. The van der Waals surface area contributed by atoms with Crippen LogP contribution in [0.1, 0.15) is 19.4 Å². The van der Waals surface area contributed by atoms with E-state index < -0.39 is 5.41 Å². The van der Waals surface area contributed by atoms with Gasteiger partial charge in [0.2, 0.25) is 5.91 Å². The van der Waals surface area contributed by atoms with Crippen LogP contribution < -0.4 is 20.7 Å². The van der Waals surface area contributed by atoms with Crippen molar-refractivity contribution >= 4 is 29.0 Å². The lowest BCUT2D eigenvalue weighted by molar-refractivity contribution is -0.119. The highest BCUT2D eigenvalue weighted by molar-refractivity contribution is 6.07. The van der Waals surface area contributed by atoms with Gasteiger partial charge in [0.25, 0.3) is 0 Å². The van der Waals surface area contributed by atoms with Crippen molar-refractivity contribution in [1.29, 1.82) is 0 Å². The van der Waals surface area contributed by atoms with Gasteiger partial charge in [0, 0.05) is 17.1 Å². The van der Waals surface area contributed by atoms with Gasteiger partial charge in [-0.2, -0.15) is 0 Å². The molecule has 26 heavy (non-hydrogen) atoms. The van der Waals surface area contributed by atoms with E-state index in [0.29, 0.717) is 23.7 Å². The maximum atomic E-state index is 12.2. The van der Waals surface area contributed by atoms with E-state index in [1.807, 2.05) is 19.9 Å². The zero-order chi connectivity index (χ0) is 18.7. The molecule has 0 radical (unpaired) electrons. The highest BCUT2D eigenvalue weighted by Crippen LogP contribution is 2.38. The van der Waals surface area contributed by atoms with E-state index in [9.17, 15) is 9.59 Å². The van der Waals surface area contributed by atoms with Crippen LogP contribution in [-0.2, 0) is 10.2 Å². The molecule has 0 spiro atoms. The summed E-state index contributed by atoms with van der Waals surface area (Å²) in [4.78, 5) is 24.2. The largest absolute Gasteiger partial charge is 0.490 e. The molecule has 2 aromatic carbocycles. The molecule has 0 aliphatic carbocycles. The van der Waals surface area contributed by atoms with Crippen LogP contribution in [0.2, 0.25) is 0 Å². The first-order valence-electron chi connectivity index (χ1n) is 8.28. The van der Waals surface area contributed by atoms with Crippen molar-refractivity contribution in [2.75, 3.05) is 22.6 Å². The summed E-state index contributed by atoms with van der Waals surface area (Å²) in [6.45, 7) is 7.77. The van der Waals surface area contributed by atoms with Crippen molar-refractivity contribution < 1.29 is 14.3 Å². The minimum atomic E-state index is -0.564. The second-order valence-corrected chi connectivity index (χ2v) is 6.54. The molecule has 1 heterocycles. The Hall–Kier alpha value is -3.28. The number of urea groups is 1. The van der Waals surface area contributed by atoms with Crippen LogP contribution >= 0.6 is 0 Å². The van der Waals surface area contributed by atoms with Gasteiger partial charge in [0.15, 0.2) is 0 Å². The quantitative estimate of drug-likeness (QED) is 0.709. The Morgan fingerprint density at radius 3 is 2.50 bits per heavy atom. The molecular formula is C20H21N3O3. The Labute approximate surface area is 152 Å². The normalized spacial score (nSPS) is 14.2. The van der Waals surface area contributed by atoms with Gasteiger partial charge in [0.1, 0.15) is 12.4 Å². The fourth-order valence-electron chi connectivity index (χ4n) is 2.75. The summed E-state index contributed by atoms with van der Waals surface area (Å²) in [5.74, 6) is 0.653. The summed E-state index contributed by atoms with van der Waals surface area (Å²) in [6.07, 6.45) is 1.67. The molecule has 0 unspecified atom stereocenters. The summed E-state index contributed by atoms with van der Waals surface area (Å²) in [6, 6.07) is 12.1. The molecular weight excluding hydrogens is 330 g/mol. The third-order valence-corrected chi connectivity index (χ3v) is 4.25. The Balaban J connectivity index is 1.63. The van der Waals surface area contributed by atoms with Crippen LogP contribution in [-0.4, -0.2) is 18.5 Å². The summed E-state index contributed by atoms with van der Waals surface area (Å²) in [7, 11) is 0. The number of anilines is 3. The van der Waals surface area contributed by atoms with Crippen LogP contribution in [0.3, 0.4) is 0 Å². The lowest BCUT2D eigenvalue weighted by Crippen LogP contribution is -2.26. The molecule has 6 heteroatoms. The topological polar surface area (TPSA) is 79.5 Å². The van der Waals surface area contributed by atoms with Crippen LogP contribution in [0.5, 0.6) is 5.75 Å². The van der Waals surface area contributed by atoms with Gasteiger partial charge < -0.3 is 20.7 Å². The fraction of sp³-hybridized carbons (Fsp3) is 0.200. The monoisotopic (exact) mass is 351 g/mol. The zero-order valence-electron chi connectivity index (χ0n) is 14.8. The lowest BCUT2D eigenvalue weighted by Gasteiger charge is -2.15. The van der Waals surface area contributed by atoms with Gasteiger partial charge in [-0.25, -0.2) is 4.79 Å². The van der Waals surface area contributed by atoms with Gasteiger partial charge >= 0.3 is 6.03 Å². The second-order valence-electron chi connectivity index (χ2n) is 6.54. The van der Waals surface area contributed by atoms with Crippen molar-refractivity contribution in [3.8, 4) is 5.75 Å². The number of hydrogen-bond acceptors (Lipinski definition) is 3. The highest BCUT2D eigenvalue weighted by atomic mass is 16.5. The Morgan fingerprint density at radius 2 is 1.81 bits per heavy atom. The van der Waals surface area contributed by atoms with Crippen molar-refractivity contribution in [2.24, 2.45) is 0 Å². The van der Waals surface area contributed by atoms with Crippen molar-refractivity contribution in [3.63, 3.8) is 0 Å². The number of nitrogens with one attached hydrogen (secondary N) is 3. The number of carbonyl (C=O) groups is 2. The predicted molar refractivity (Wildman–Crippen MR) is 103 cm³/mol. The number of amides is 3. The number of rotatable bonds is 5. The number of benzene rings is 2. The molecule has 2 aromatic rings. The smallest absolute Gasteiger partial charge is 0.323 e. The van der Waals surface area contributed by atoms with E-state index in [0.717, 1.165) is 11.3 Å². The van der Waals surface area contributed by atoms with Crippen LogP contribution in [0.25, 0.3) is 0 Å². The summed E-state index contributed by atoms with van der Waals surface area (Å²) in [5.41, 5.74) is 2.32. The van der Waals surface area contributed by atoms with Crippen LogP contribution in [0.4, 0.5) is 21.9 Å². The zero-order valence-corrected chi connectivity index (χ0v) is 14.8. The summed E-state index contributed by atoms with van der Waals surface area (Å²) >= 11 is 0. The molecule has 0 atom stereocenters. The molecule has 0 saturated carbocycles. The Morgan fingerprint density at radius 1 is 1.15 bits per heavy atom. The standard InChI is InChI=1S/C20H21N3O3/c1-4-11-26-15-8-5-13(6-9-15)21-19(25)22-14-7-10-16-17(12-14)23-18(24)20(16,2)3/h4-10,12H,1,11H2,2-3H3,(H,23,24)(H2,21,22,25). The molecule has 134 valence electrons. The van der Waals surface area contributed by atoms with Crippen molar-refractivity contribution in [1.82, 2.24) is 0 Å². The molecule has 0 fully saturated rings. The van der Waals surface area contributed by atoms with E-state index in [1.165, 1.54) is 0 Å². The SMILES string of the molecule is C=CCOc1ccc(NC(=O)Nc2ccc3c(c2)NC(=O)C3(C)C)cc1. The van der Waals surface area contributed by atoms with Gasteiger partial charge in [-0.05, 0) is 55.8 Å². The maximum Gasteiger partial charge on any atom is 0.323 e. The highest BCUT2D eigenvalue weighted by Gasteiger charge is 2.38. The first kappa shape index (κ1) is 17.5. The number of ether oxygens (including phenoxy) is 1. The van der Waals surface area contributed by atoms with Crippen molar-refractivity contribution in [2.45, 2.75) is 19.3 Å². The van der Waals surface area contributed by atoms with E-state index in [1.54, 1.807) is 42.5 Å². The summed E-state index contributed by atoms with van der Waals surface area (Å²) < 4.78 is 5.40. The number of carbonyl (C=O) groups excluding carboxylic acids is 2. The number of hydrogen-bond donors (Lipinski definition) is 3. The van der Waals surface area contributed by atoms with Gasteiger partial charge in [-0.1, -0.05) is 18.7 Å². The average molecular weight is 351 g/mol. The van der Waals surface area contributed by atoms with E-state index in [4.69, 9.17) is 4.74 Å². The minimum absolute atomic E-state index is 0.0483. The average Bonchev–Trinajstić information content (AvgIpc) is 2.83. The fourth-order valence-corrected chi connectivity index (χ4v) is 2.75. The van der Waals surface area contributed by atoms with E-state index >= 15 is 0 Å². The van der Waals surface area contributed by atoms with Crippen molar-refractivity contribution in [3.05, 3.63) is 60.7 Å². The summed E-state index contributed by atoms with van der Waals surface area (Å²) in [5, 5.41) is 8.36. The Bertz CT molecular complexity index is 857. The predicted octanol–water partition coefficient (Wildman–Crippen LogP) is 4.13. The van der Waals surface area contributed by atoms with Gasteiger partial charge in [0.05, 0.1) is 5.41 Å². The molecule has 0 saturated heterocycles. The molecule has 3 rings (SSSR count). The molecule has 0 aromatic heterocycles. The van der Waals surface area contributed by atoms with Crippen LogP contribution in [0, 0.1) is 0 Å². The molecule has 6 nitrogen and oxygen atoms in total. The molecule has 1 aliphatic rings. The first-order valence-corrected chi connectivity index (χ1v) is 8.28. The molecule has 3 N–H and O–H groups in total. The molecule has 0 bridgehead atoms. The molecule has 3 amide bonds. The minimum Gasteiger partial charge on any atom is -0.490 e. The third-order valence-electron chi connectivity index (χ3n) is 4.25. The van der Waals surface area contributed by atoms with Gasteiger partial charge in [-0.3, -0.25) is 4.79 Å². The van der Waals surface area contributed by atoms with E-state index in [-0.39, 0.29) is 11.9 Å². The first-order chi connectivity index (χ1) is 12.4. The third kappa shape index (κ3) is 3.54. The lowest BCUT2D eigenvalue weighted by atomic mass is 9.86. The van der Waals surface area contributed by atoms with Crippen LogP contribution in [0.15, 0.2) is 55.1 Å². The van der Waals surface area contributed by atoms with E-state index in [2.05, 4.69) is 22.5 Å².